The average molecular weight is 204 g/mol. The van der Waals surface area contributed by atoms with E-state index in [0.717, 1.165) is 11.8 Å². The van der Waals surface area contributed by atoms with Gasteiger partial charge in [-0.2, -0.15) is 25.3 Å². The smallest absolute Gasteiger partial charge is 0.00480 e. The van der Waals surface area contributed by atoms with E-state index in [-0.39, 0.29) is 0 Å². The highest BCUT2D eigenvalue weighted by molar-refractivity contribution is 7.81. The van der Waals surface area contributed by atoms with Crippen molar-refractivity contribution >= 4 is 25.3 Å². The van der Waals surface area contributed by atoms with Crippen molar-refractivity contribution < 1.29 is 0 Å². The second kappa shape index (κ2) is 4.80. The molecule has 1 fully saturated rings. The first-order valence-corrected chi connectivity index (χ1v) is 6.06. The second-order valence-electron chi connectivity index (χ2n) is 3.97. The number of rotatable bonds is 2. The van der Waals surface area contributed by atoms with Crippen LogP contribution in [-0.4, -0.2) is 10.5 Å². The highest BCUT2D eigenvalue weighted by Gasteiger charge is 2.31. The van der Waals surface area contributed by atoms with Gasteiger partial charge in [0.1, 0.15) is 0 Å². The van der Waals surface area contributed by atoms with E-state index < -0.39 is 0 Å². The van der Waals surface area contributed by atoms with Crippen molar-refractivity contribution in [2.75, 3.05) is 0 Å². The van der Waals surface area contributed by atoms with Crippen LogP contribution in [0.1, 0.15) is 39.5 Å². The summed E-state index contributed by atoms with van der Waals surface area (Å²) in [5.41, 5.74) is 0. The highest BCUT2D eigenvalue weighted by atomic mass is 32.1. The zero-order valence-corrected chi connectivity index (χ0v) is 9.82. The minimum absolute atomic E-state index is 0.546. The molecular formula is C10H20S2. The molecule has 12 heavy (non-hydrogen) atoms. The standard InChI is InChI=1S/C10H20S2/c1-3-8-9(7(2)11)5-4-6-10(8)12/h7-12H,3-6H2,1-2H3. The summed E-state index contributed by atoms with van der Waals surface area (Å²) in [4.78, 5) is 0. The molecule has 0 radical (unpaired) electrons. The summed E-state index contributed by atoms with van der Waals surface area (Å²) in [7, 11) is 0. The topological polar surface area (TPSA) is 0 Å². The zero-order valence-electron chi connectivity index (χ0n) is 8.03. The molecule has 2 heteroatoms. The highest BCUT2D eigenvalue weighted by Crippen LogP contribution is 2.38. The molecule has 0 aromatic heterocycles. The predicted octanol–water partition coefficient (Wildman–Crippen LogP) is 3.43. The minimum Gasteiger partial charge on any atom is -0.176 e. The lowest BCUT2D eigenvalue weighted by Crippen LogP contribution is -2.33. The molecule has 0 aliphatic heterocycles. The van der Waals surface area contributed by atoms with Crippen LogP contribution in [0.2, 0.25) is 0 Å². The quantitative estimate of drug-likeness (QED) is 0.633. The molecule has 0 bridgehead atoms. The lowest BCUT2D eigenvalue weighted by molar-refractivity contribution is 0.240. The first kappa shape index (κ1) is 10.8. The molecule has 0 saturated heterocycles. The Morgan fingerprint density at radius 3 is 2.50 bits per heavy atom. The maximum Gasteiger partial charge on any atom is 0.00480 e. The average Bonchev–Trinajstić information content (AvgIpc) is 2.03. The van der Waals surface area contributed by atoms with Gasteiger partial charge in [0.25, 0.3) is 0 Å². The fraction of sp³-hybridized carbons (Fsp3) is 1.00. The van der Waals surface area contributed by atoms with Gasteiger partial charge in [-0.3, -0.25) is 0 Å². The first-order valence-electron chi connectivity index (χ1n) is 5.03. The van der Waals surface area contributed by atoms with Gasteiger partial charge in [-0.05, 0) is 24.7 Å². The van der Waals surface area contributed by atoms with Crippen LogP contribution in [0.25, 0.3) is 0 Å². The van der Waals surface area contributed by atoms with E-state index in [4.69, 9.17) is 0 Å². The summed E-state index contributed by atoms with van der Waals surface area (Å²) in [6, 6.07) is 0. The third kappa shape index (κ3) is 2.35. The number of hydrogen-bond donors (Lipinski definition) is 2. The van der Waals surface area contributed by atoms with Gasteiger partial charge >= 0.3 is 0 Å². The van der Waals surface area contributed by atoms with E-state index >= 15 is 0 Å². The van der Waals surface area contributed by atoms with Crippen LogP contribution in [0.15, 0.2) is 0 Å². The van der Waals surface area contributed by atoms with Crippen LogP contribution >= 0.6 is 25.3 Å². The first-order chi connectivity index (χ1) is 5.66. The Balaban J connectivity index is 2.57. The molecule has 1 aliphatic rings. The summed E-state index contributed by atoms with van der Waals surface area (Å²) >= 11 is 9.22. The second-order valence-corrected chi connectivity index (χ2v) is 5.45. The van der Waals surface area contributed by atoms with E-state index in [1.807, 2.05) is 0 Å². The molecule has 0 spiro atoms. The molecule has 0 aromatic carbocycles. The minimum atomic E-state index is 0.546. The van der Waals surface area contributed by atoms with Crippen LogP contribution in [0.3, 0.4) is 0 Å². The largest absolute Gasteiger partial charge is 0.176 e. The van der Waals surface area contributed by atoms with Crippen LogP contribution in [0.4, 0.5) is 0 Å². The van der Waals surface area contributed by atoms with Crippen molar-refractivity contribution in [2.24, 2.45) is 11.8 Å². The van der Waals surface area contributed by atoms with E-state index in [9.17, 15) is 0 Å². The van der Waals surface area contributed by atoms with Crippen molar-refractivity contribution in [3.05, 3.63) is 0 Å². The van der Waals surface area contributed by atoms with Crippen molar-refractivity contribution in [3.63, 3.8) is 0 Å². The number of thiol groups is 2. The summed E-state index contributed by atoms with van der Waals surface area (Å²) in [6.07, 6.45) is 5.28. The molecule has 1 saturated carbocycles. The van der Waals surface area contributed by atoms with Gasteiger partial charge in [-0.1, -0.05) is 26.7 Å². The Morgan fingerprint density at radius 1 is 1.42 bits per heavy atom. The summed E-state index contributed by atoms with van der Waals surface area (Å²) < 4.78 is 0. The fourth-order valence-electron chi connectivity index (χ4n) is 2.45. The van der Waals surface area contributed by atoms with Crippen LogP contribution in [0.5, 0.6) is 0 Å². The summed E-state index contributed by atoms with van der Waals surface area (Å²) in [5.74, 6) is 1.60. The summed E-state index contributed by atoms with van der Waals surface area (Å²) in [6.45, 7) is 4.50. The molecule has 1 aliphatic carbocycles. The van der Waals surface area contributed by atoms with Crippen LogP contribution in [0, 0.1) is 11.8 Å². The molecule has 0 aromatic rings. The monoisotopic (exact) mass is 204 g/mol. The Hall–Kier alpha value is 0.700. The Morgan fingerprint density at radius 2 is 2.08 bits per heavy atom. The maximum absolute atomic E-state index is 4.66. The summed E-state index contributed by atoms with van der Waals surface area (Å²) in [5, 5.41) is 1.17. The zero-order chi connectivity index (χ0) is 9.14. The van der Waals surface area contributed by atoms with Crippen molar-refractivity contribution in [1.29, 1.82) is 0 Å². The lowest BCUT2D eigenvalue weighted by Gasteiger charge is -2.37. The van der Waals surface area contributed by atoms with E-state index in [2.05, 4.69) is 39.1 Å². The van der Waals surface area contributed by atoms with Gasteiger partial charge < -0.3 is 0 Å². The molecule has 1 rings (SSSR count). The van der Waals surface area contributed by atoms with Crippen molar-refractivity contribution in [3.8, 4) is 0 Å². The molecular weight excluding hydrogens is 184 g/mol. The van der Waals surface area contributed by atoms with Gasteiger partial charge in [-0.15, -0.1) is 0 Å². The number of hydrogen-bond acceptors (Lipinski definition) is 2. The Bertz CT molecular complexity index is 134. The maximum atomic E-state index is 4.66. The normalized spacial score (nSPS) is 39.5. The molecule has 0 heterocycles. The lowest BCUT2D eigenvalue weighted by atomic mass is 9.76. The molecule has 0 amide bonds. The van der Waals surface area contributed by atoms with Crippen molar-refractivity contribution in [2.45, 2.75) is 50.0 Å². The third-order valence-electron chi connectivity index (χ3n) is 3.17. The van der Waals surface area contributed by atoms with Gasteiger partial charge in [0.05, 0.1) is 0 Å². The van der Waals surface area contributed by atoms with Crippen LogP contribution < -0.4 is 0 Å². The van der Waals surface area contributed by atoms with E-state index in [0.29, 0.717) is 10.5 Å². The SMILES string of the molecule is CCC1C(S)CCCC1C(C)S. The molecule has 72 valence electrons. The van der Waals surface area contributed by atoms with E-state index in [1.165, 1.54) is 25.7 Å². The van der Waals surface area contributed by atoms with Gasteiger partial charge in [0.2, 0.25) is 0 Å². The molecule has 0 N–H and O–H groups in total. The molecule has 0 nitrogen and oxygen atoms in total. The Labute approximate surface area is 87.3 Å². The van der Waals surface area contributed by atoms with Crippen molar-refractivity contribution in [1.82, 2.24) is 0 Å². The molecule has 4 unspecified atom stereocenters. The fourth-order valence-corrected chi connectivity index (χ4v) is 3.43. The predicted molar refractivity (Wildman–Crippen MR) is 62.3 cm³/mol. The third-order valence-corrected chi connectivity index (χ3v) is 4.20. The van der Waals surface area contributed by atoms with Gasteiger partial charge in [-0.25, -0.2) is 0 Å². The van der Waals surface area contributed by atoms with E-state index in [1.54, 1.807) is 0 Å². The van der Waals surface area contributed by atoms with Crippen LogP contribution in [-0.2, 0) is 0 Å². The van der Waals surface area contributed by atoms with Gasteiger partial charge in [0, 0.05) is 10.5 Å². The molecule has 4 atom stereocenters. The van der Waals surface area contributed by atoms with Gasteiger partial charge in [0.15, 0.2) is 0 Å². The Kier molecular flexibility index (Phi) is 4.31.